The van der Waals surface area contributed by atoms with Crippen molar-refractivity contribution in [1.82, 2.24) is 5.32 Å². The van der Waals surface area contributed by atoms with Crippen LogP contribution >= 0.6 is 15.9 Å². The molecule has 13 heavy (non-hydrogen) atoms. The minimum absolute atomic E-state index is 0.0292. The maximum atomic E-state index is 9.45. The van der Waals surface area contributed by atoms with Crippen molar-refractivity contribution in [3.8, 4) is 11.5 Å². The van der Waals surface area contributed by atoms with Gasteiger partial charge >= 0.3 is 0 Å². The molecular weight excluding hydrogens is 234 g/mol. The van der Waals surface area contributed by atoms with Crippen LogP contribution in [0.25, 0.3) is 0 Å². The first-order chi connectivity index (χ1) is 6.15. The van der Waals surface area contributed by atoms with Crippen LogP contribution in [0, 0.1) is 0 Å². The van der Waals surface area contributed by atoms with Gasteiger partial charge < -0.3 is 15.5 Å². The SMILES string of the molecule is CNCCc1cc(Br)cc(O)c1O. The zero-order valence-electron chi connectivity index (χ0n) is 7.34. The third-order valence-electron chi connectivity index (χ3n) is 1.78. The standard InChI is InChI=1S/C9H12BrNO2/c1-11-3-2-6-4-7(10)5-8(12)9(6)13/h4-5,11-13H,2-3H2,1H3. The highest BCUT2D eigenvalue weighted by atomic mass is 79.9. The summed E-state index contributed by atoms with van der Waals surface area (Å²) in [5, 5.41) is 21.7. The Hall–Kier alpha value is -0.740. The zero-order valence-corrected chi connectivity index (χ0v) is 8.93. The van der Waals surface area contributed by atoms with Crippen molar-refractivity contribution in [2.45, 2.75) is 6.42 Å². The molecule has 0 fully saturated rings. The van der Waals surface area contributed by atoms with E-state index < -0.39 is 0 Å². The third kappa shape index (κ3) is 2.60. The number of hydrogen-bond donors (Lipinski definition) is 3. The van der Waals surface area contributed by atoms with Gasteiger partial charge in [-0.2, -0.15) is 0 Å². The molecule has 0 bridgehead atoms. The first kappa shape index (κ1) is 10.3. The van der Waals surface area contributed by atoms with Gasteiger partial charge in [0.15, 0.2) is 11.5 Å². The first-order valence-electron chi connectivity index (χ1n) is 4.00. The largest absolute Gasteiger partial charge is 0.504 e. The lowest BCUT2D eigenvalue weighted by Gasteiger charge is -2.06. The molecule has 0 aliphatic carbocycles. The van der Waals surface area contributed by atoms with Crippen LogP contribution in [-0.4, -0.2) is 23.8 Å². The van der Waals surface area contributed by atoms with Crippen LogP contribution in [0.15, 0.2) is 16.6 Å². The Morgan fingerprint density at radius 1 is 1.38 bits per heavy atom. The Labute approximate surface area is 85.5 Å². The van der Waals surface area contributed by atoms with Crippen molar-refractivity contribution >= 4 is 15.9 Å². The Morgan fingerprint density at radius 2 is 2.08 bits per heavy atom. The monoisotopic (exact) mass is 245 g/mol. The predicted molar refractivity (Wildman–Crippen MR) is 55.1 cm³/mol. The van der Waals surface area contributed by atoms with Gasteiger partial charge in [-0.1, -0.05) is 15.9 Å². The smallest absolute Gasteiger partial charge is 0.160 e. The number of likely N-dealkylation sites (N-methyl/N-ethyl adjacent to an activating group) is 1. The van der Waals surface area contributed by atoms with E-state index in [9.17, 15) is 10.2 Å². The molecular formula is C9H12BrNO2. The van der Waals surface area contributed by atoms with E-state index in [1.54, 1.807) is 6.07 Å². The van der Waals surface area contributed by atoms with Crippen LogP contribution in [0.4, 0.5) is 0 Å². The van der Waals surface area contributed by atoms with Crippen LogP contribution in [0.3, 0.4) is 0 Å². The fourth-order valence-corrected chi connectivity index (χ4v) is 1.58. The normalized spacial score (nSPS) is 10.3. The molecule has 0 spiro atoms. The van der Waals surface area contributed by atoms with Crippen LogP contribution in [0.1, 0.15) is 5.56 Å². The molecule has 0 aliphatic heterocycles. The van der Waals surface area contributed by atoms with E-state index in [4.69, 9.17) is 0 Å². The van der Waals surface area contributed by atoms with Gasteiger partial charge in [-0.25, -0.2) is 0 Å². The summed E-state index contributed by atoms with van der Waals surface area (Å²) in [6.07, 6.45) is 0.690. The van der Waals surface area contributed by atoms with Crippen LogP contribution in [-0.2, 0) is 6.42 Å². The van der Waals surface area contributed by atoms with Gasteiger partial charge in [0.1, 0.15) is 0 Å². The van der Waals surface area contributed by atoms with E-state index in [2.05, 4.69) is 21.2 Å². The molecule has 0 amide bonds. The van der Waals surface area contributed by atoms with Gasteiger partial charge in [0, 0.05) is 10.0 Å². The average Bonchev–Trinajstić information content (AvgIpc) is 2.09. The maximum absolute atomic E-state index is 9.45. The summed E-state index contributed by atoms with van der Waals surface area (Å²) < 4.78 is 0.772. The quantitative estimate of drug-likeness (QED) is 0.710. The summed E-state index contributed by atoms with van der Waals surface area (Å²) in [7, 11) is 1.84. The summed E-state index contributed by atoms with van der Waals surface area (Å²) in [6.45, 7) is 0.767. The van der Waals surface area contributed by atoms with E-state index in [-0.39, 0.29) is 11.5 Å². The molecule has 0 saturated carbocycles. The number of hydrogen-bond acceptors (Lipinski definition) is 3. The van der Waals surface area contributed by atoms with Crippen LogP contribution in [0.5, 0.6) is 11.5 Å². The Kier molecular flexibility index (Phi) is 3.57. The lowest BCUT2D eigenvalue weighted by atomic mass is 10.1. The second-order valence-corrected chi connectivity index (χ2v) is 3.70. The zero-order chi connectivity index (χ0) is 9.84. The fraction of sp³-hybridized carbons (Fsp3) is 0.333. The molecule has 1 rings (SSSR count). The number of rotatable bonds is 3. The highest BCUT2D eigenvalue weighted by molar-refractivity contribution is 9.10. The molecule has 1 aromatic carbocycles. The maximum Gasteiger partial charge on any atom is 0.160 e. The Morgan fingerprint density at radius 3 is 2.69 bits per heavy atom. The van der Waals surface area contributed by atoms with Crippen molar-refractivity contribution in [2.75, 3.05) is 13.6 Å². The number of nitrogens with one attached hydrogen (secondary N) is 1. The minimum atomic E-state index is -0.0829. The van der Waals surface area contributed by atoms with Crippen molar-refractivity contribution in [3.63, 3.8) is 0 Å². The van der Waals surface area contributed by atoms with Crippen molar-refractivity contribution in [2.24, 2.45) is 0 Å². The number of aromatic hydroxyl groups is 2. The molecule has 4 heteroatoms. The second kappa shape index (κ2) is 4.48. The van der Waals surface area contributed by atoms with Gasteiger partial charge in [0.25, 0.3) is 0 Å². The number of phenolic OH excluding ortho intramolecular Hbond substituents is 2. The van der Waals surface area contributed by atoms with Gasteiger partial charge in [0.2, 0.25) is 0 Å². The average molecular weight is 246 g/mol. The molecule has 0 atom stereocenters. The lowest BCUT2D eigenvalue weighted by molar-refractivity contribution is 0.399. The Balaban J connectivity index is 2.92. The van der Waals surface area contributed by atoms with Crippen LogP contribution < -0.4 is 5.32 Å². The molecule has 0 aliphatic rings. The molecule has 72 valence electrons. The fourth-order valence-electron chi connectivity index (χ4n) is 1.09. The molecule has 0 radical (unpaired) electrons. The van der Waals surface area contributed by atoms with Gasteiger partial charge in [-0.3, -0.25) is 0 Å². The number of phenols is 2. The summed E-state index contributed by atoms with van der Waals surface area (Å²) in [4.78, 5) is 0. The van der Waals surface area contributed by atoms with Gasteiger partial charge in [-0.15, -0.1) is 0 Å². The number of benzene rings is 1. The molecule has 1 aromatic rings. The summed E-state index contributed by atoms with van der Waals surface area (Å²) in [6, 6.07) is 3.27. The molecule has 0 aromatic heterocycles. The lowest BCUT2D eigenvalue weighted by Crippen LogP contribution is -2.10. The second-order valence-electron chi connectivity index (χ2n) is 2.79. The van der Waals surface area contributed by atoms with E-state index in [1.807, 2.05) is 7.05 Å². The highest BCUT2D eigenvalue weighted by Gasteiger charge is 2.07. The van der Waals surface area contributed by atoms with E-state index in [1.165, 1.54) is 6.07 Å². The summed E-state index contributed by atoms with van der Waals surface area (Å²) in [5.74, 6) is -0.112. The minimum Gasteiger partial charge on any atom is -0.504 e. The molecule has 3 N–H and O–H groups in total. The van der Waals surface area contributed by atoms with Gasteiger partial charge in [0.05, 0.1) is 0 Å². The van der Waals surface area contributed by atoms with E-state index in [0.29, 0.717) is 6.42 Å². The Bertz CT molecular complexity index is 302. The van der Waals surface area contributed by atoms with Crippen molar-refractivity contribution < 1.29 is 10.2 Å². The first-order valence-corrected chi connectivity index (χ1v) is 4.79. The van der Waals surface area contributed by atoms with Crippen LogP contribution in [0.2, 0.25) is 0 Å². The van der Waals surface area contributed by atoms with E-state index in [0.717, 1.165) is 16.6 Å². The molecule has 0 heterocycles. The molecule has 3 nitrogen and oxygen atoms in total. The number of halogens is 1. The third-order valence-corrected chi connectivity index (χ3v) is 2.24. The van der Waals surface area contributed by atoms with E-state index >= 15 is 0 Å². The molecule has 0 unspecified atom stereocenters. The van der Waals surface area contributed by atoms with Gasteiger partial charge in [-0.05, 0) is 32.1 Å². The van der Waals surface area contributed by atoms with Crippen molar-refractivity contribution in [3.05, 3.63) is 22.2 Å². The summed E-state index contributed by atoms with van der Waals surface area (Å²) >= 11 is 3.25. The molecule has 0 saturated heterocycles. The predicted octanol–water partition coefficient (Wildman–Crippen LogP) is 1.62. The van der Waals surface area contributed by atoms with Crippen molar-refractivity contribution in [1.29, 1.82) is 0 Å². The summed E-state index contributed by atoms with van der Waals surface area (Å²) in [5.41, 5.74) is 0.737. The topological polar surface area (TPSA) is 52.5 Å². The highest BCUT2D eigenvalue weighted by Crippen LogP contribution is 2.32.